The van der Waals surface area contributed by atoms with Gasteiger partial charge in [0, 0.05) is 19.3 Å². The van der Waals surface area contributed by atoms with E-state index in [0.29, 0.717) is 0 Å². The second-order valence-corrected chi connectivity index (χ2v) is 3.87. The van der Waals surface area contributed by atoms with E-state index in [1.54, 1.807) is 12.1 Å². The van der Waals surface area contributed by atoms with Gasteiger partial charge in [-0.2, -0.15) is 0 Å². The Balaban J connectivity index is 2.21. The summed E-state index contributed by atoms with van der Waals surface area (Å²) >= 11 is 0. The van der Waals surface area contributed by atoms with Gasteiger partial charge in [-0.05, 0) is 43.9 Å². The third-order valence-corrected chi connectivity index (χ3v) is 2.42. The molecular weight excluding hydrogens is 204 g/mol. The van der Waals surface area contributed by atoms with Crippen molar-refractivity contribution in [2.75, 3.05) is 13.2 Å². The molecule has 0 unspecified atom stereocenters. The number of phenols is 2. The molecule has 1 aromatic carbocycles. The van der Waals surface area contributed by atoms with Crippen LogP contribution in [0.1, 0.15) is 31.7 Å². The Labute approximate surface area is 96.7 Å². The Bertz CT molecular complexity index is 290. The summed E-state index contributed by atoms with van der Waals surface area (Å²) in [6.07, 6.45) is 4.11. The highest BCUT2D eigenvalue weighted by Gasteiger charge is 1.99. The van der Waals surface area contributed by atoms with E-state index in [2.05, 4.69) is 0 Å². The fourth-order valence-corrected chi connectivity index (χ4v) is 1.66. The molecule has 0 aromatic heterocycles. The summed E-state index contributed by atoms with van der Waals surface area (Å²) in [4.78, 5) is 0. The van der Waals surface area contributed by atoms with Crippen LogP contribution in [0.25, 0.3) is 0 Å². The smallest absolute Gasteiger partial charge is 0.119 e. The molecule has 1 aromatic rings. The molecule has 0 saturated carbocycles. The molecule has 0 fully saturated rings. The van der Waals surface area contributed by atoms with Gasteiger partial charge in [0.25, 0.3) is 0 Å². The van der Waals surface area contributed by atoms with Crippen LogP contribution in [-0.4, -0.2) is 23.4 Å². The second kappa shape index (κ2) is 7.12. The summed E-state index contributed by atoms with van der Waals surface area (Å²) in [5.74, 6) is 0.258. The molecule has 0 aliphatic rings. The first-order valence-corrected chi connectivity index (χ1v) is 5.82. The van der Waals surface area contributed by atoms with E-state index >= 15 is 0 Å². The molecule has 3 nitrogen and oxygen atoms in total. The Hall–Kier alpha value is -1.22. The van der Waals surface area contributed by atoms with Crippen LogP contribution in [0.3, 0.4) is 0 Å². The number of ether oxygens (including phenoxy) is 1. The molecule has 90 valence electrons. The molecule has 3 heteroatoms. The van der Waals surface area contributed by atoms with Gasteiger partial charge in [0.2, 0.25) is 0 Å². The summed E-state index contributed by atoms with van der Waals surface area (Å²) < 4.78 is 5.24. The van der Waals surface area contributed by atoms with Crippen molar-refractivity contribution in [1.29, 1.82) is 0 Å². The van der Waals surface area contributed by atoms with Crippen LogP contribution in [-0.2, 0) is 11.2 Å². The highest BCUT2D eigenvalue weighted by molar-refractivity contribution is 5.36. The number of phenolic OH excluding ortho intramolecular Hbond substituents is 2. The minimum Gasteiger partial charge on any atom is -0.508 e. The van der Waals surface area contributed by atoms with E-state index in [4.69, 9.17) is 4.74 Å². The molecule has 0 saturated heterocycles. The zero-order valence-corrected chi connectivity index (χ0v) is 9.78. The van der Waals surface area contributed by atoms with Crippen LogP contribution in [0, 0.1) is 0 Å². The van der Waals surface area contributed by atoms with Crippen molar-refractivity contribution in [1.82, 2.24) is 0 Å². The Kier molecular flexibility index (Phi) is 5.72. The third kappa shape index (κ3) is 5.03. The first-order chi connectivity index (χ1) is 7.72. The average molecular weight is 224 g/mol. The van der Waals surface area contributed by atoms with Crippen molar-refractivity contribution in [2.45, 2.75) is 32.6 Å². The molecule has 0 aliphatic heterocycles. The molecule has 0 radical (unpaired) electrons. The lowest BCUT2D eigenvalue weighted by Crippen LogP contribution is -1.94. The zero-order chi connectivity index (χ0) is 11.8. The monoisotopic (exact) mass is 224 g/mol. The molecule has 0 atom stereocenters. The van der Waals surface area contributed by atoms with E-state index in [1.165, 1.54) is 6.07 Å². The number of hydrogen-bond acceptors (Lipinski definition) is 3. The second-order valence-electron chi connectivity index (χ2n) is 3.87. The minimum absolute atomic E-state index is 0.129. The summed E-state index contributed by atoms with van der Waals surface area (Å²) in [5.41, 5.74) is 0.980. The van der Waals surface area contributed by atoms with Crippen molar-refractivity contribution < 1.29 is 14.9 Å². The molecule has 0 spiro atoms. The van der Waals surface area contributed by atoms with Crippen molar-refractivity contribution in [3.05, 3.63) is 23.8 Å². The maximum atomic E-state index is 9.29. The van der Waals surface area contributed by atoms with Crippen LogP contribution < -0.4 is 0 Å². The van der Waals surface area contributed by atoms with Gasteiger partial charge in [0.15, 0.2) is 0 Å². The fourth-order valence-electron chi connectivity index (χ4n) is 1.66. The molecule has 0 aliphatic carbocycles. The number of benzene rings is 1. The number of aryl methyl sites for hydroxylation is 1. The van der Waals surface area contributed by atoms with Crippen LogP contribution >= 0.6 is 0 Å². The number of hydrogen-bond donors (Lipinski definition) is 2. The topological polar surface area (TPSA) is 49.7 Å². The van der Waals surface area contributed by atoms with E-state index in [-0.39, 0.29) is 11.5 Å². The van der Waals surface area contributed by atoms with Gasteiger partial charge in [0.1, 0.15) is 11.5 Å². The average Bonchev–Trinajstić information content (AvgIpc) is 2.22. The van der Waals surface area contributed by atoms with Crippen LogP contribution in [0.2, 0.25) is 0 Å². The van der Waals surface area contributed by atoms with E-state index in [9.17, 15) is 10.2 Å². The van der Waals surface area contributed by atoms with E-state index in [0.717, 1.165) is 44.5 Å². The standard InChI is InChI=1S/C13H20O3/c1-2-16-7-5-3-4-6-11-8-12(14)10-13(15)9-11/h8-10,14-15H,2-7H2,1H3. The molecule has 0 heterocycles. The Morgan fingerprint density at radius 3 is 2.31 bits per heavy atom. The fraction of sp³-hybridized carbons (Fsp3) is 0.538. The number of aromatic hydroxyl groups is 2. The zero-order valence-electron chi connectivity index (χ0n) is 9.78. The predicted molar refractivity (Wildman–Crippen MR) is 63.8 cm³/mol. The maximum absolute atomic E-state index is 9.29. The van der Waals surface area contributed by atoms with Crippen molar-refractivity contribution in [2.24, 2.45) is 0 Å². The largest absolute Gasteiger partial charge is 0.508 e. The van der Waals surface area contributed by atoms with Gasteiger partial charge in [-0.3, -0.25) is 0 Å². The van der Waals surface area contributed by atoms with Gasteiger partial charge in [-0.1, -0.05) is 6.42 Å². The summed E-state index contributed by atoms with van der Waals surface area (Å²) in [6.45, 7) is 3.59. The summed E-state index contributed by atoms with van der Waals surface area (Å²) in [7, 11) is 0. The quantitative estimate of drug-likeness (QED) is 0.700. The number of rotatable bonds is 7. The third-order valence-electron chi connectivity index (χ3n) is 2.42. The van der Waals surface area contributed by atoms with Gasteiger partial charge >= 0.3 is 0 Å². The van der Waals surface area contributed by atoms with Gasteiger partial charge in [-0.15, -0.1) is 0 Å². The Morgan fingerprint density at radius 1 is 1.00 bits per heavy atom. The lowest BCUT2D eigenvalue weighted by atomic mass is 10.1. The van der Waals surface area contributed by atoms with Gasteiger partial charge in [-0.25, -0.2) is 0 Å². The van der Waals surface area contributed by atoms with Crippen molar-refractivity contribution >= 4 is 0 Å². The molecule has 0 bridgehead atoms. The summed E-state index contributed by atoms with van der Waals surface area (Å²) in [6, 6.07) is 4.74. The molecule has 0 amide bonds. The van der Waals surface area contributed by atoms with Crippen molar-refractivity contribution in [3.8, 4) is 11.5 Å². The highest BCUT2D eigenvalue weighted by atomic mass is 16.5. The normalized spacial score (nSPS) is 10.6. The van der Waals surface area contributed by atoms with Crippen LogP contribution in [0.5, 0.6) is 11.5 Å². The molecule has 2 N–H and O–H groups in total. The highest BCUT2D eigenvalue weighted by Crippen LogP contribution is 2.21. The van der Waals surface area contributed by atoms with E-state index in [1.807, 2.05) is 6.92 Å². The first kappa shape index (κ1) is 12.8. The van der Waals surface area contributed by atoms with Crippen LogP contribution in [0.4, 0.5) is 0 Å². The molecule has 1 rings (SSSR count). The minimum atomic E-state index is 0.129. The van der Waals surface area contributed by atoms with Gasteiger partial charge in [0.05, 0.1) is 0 Å². The number of unbranched alkanes of at least 4 members (excludes halogenated alkanes) is 2. The summed E-state index contributed by atoms with van der Waals surface area (Å²) in [5, 5.41) is 18.6. The van der Waals surface area contributed by atoms with Crippen molar-refractivity contribution in [3.63, 3.8) is 0 Å². The maximum Gasteiger partial charge on any atom is 0.119 e. The SMILES string of the molecule is CCOCCCCCc1cc(O)cc(O)c1. The first-order valence-electron chi connectivity index (χ1n) is 5.82. The van der Waals surface area contributed by atoms with Gasteiger partial charge < -0.3 is 14.9 Å². The molecule has 16 heavy (non-hydrogen) atoms. The predicted octanol–water partition coefficient (Wildman–Crippen LogP) is 2.85. The Morgan fingerprint density at radius 2 is 1.69 bits per heavy atom. The molecular formula is C13H20O3. The van der Waals surface area contributed by atoms with E-state index < -0.39 is 0 Å². The lowest BCUT2D eigenvalue weighted by molar-refractivity contribution is 0.143. The van der Waals surface area contributed by atoms with Crippen LogP contribution in [0.15, 0.2) is 18.2 Å². The lowest BCUT2D eigenvalue weighted by Gasteiger charge is -2.04.